The minimum atomic E-state index is -0.858. The molecule has 26 heavy (non-hydrogen) atoms. The summed E-state index contributed by atoms with van der Waals surface area (Å²) in [6.07, 6.45) is 6.76. The van der Waals surface area contributed by atoms with E-state index >= 15 is 0 Å². The monoisotopic (exact) mass is 377 g/mol. The van der Waals surface area contributed by atoms with Gasteiger partial charge >= 0.3 is 0 Å². The fraction of sp³-hybridized carbons (Fsp3) is 0.667. The molecular formula is C18H27N5O2S. The summed E-state index contributed by atoms with van der Waals surface area (Å²) in [6, 6.07) is 2.49. The van der Waals surface area contributed by atoms with E-state index in [1.165, 1.54) is 0 Å². The van der Waals surface area contributed by atoms with Crippen molar-refractivity contribution in [2.75, 3.05) is 44.5 Å². The van der Waals surface area contributed by atoms with Crippen molar-refractivity contribution in [3.63, 3.8) is 0 Å². The summed E-state index contributed by atoms with van der Waals surface area (Å²) < 4.78 is 20.0. The maximum absolute atomic E-state index is 12.6. The van der Waals surface area contributed by atoms with Gasteiger partial charge < -0.3 is 14.6 Å². The molecule has 0 amide bonds. The lowest BCUT2D eigenvalue weighted by Gasteiger charge is -2.42. The van der Waals surface area contributed by atoms with Gasteiger partial charge in [0.1, 0.15) is 17.8 Å². The molecule has 2 fully saturated rings. The first-order valence-electron chi connectivity index (χ1n) is 9.29. The Kier molecular flexibility index (Phi) is 5.24. The molecule has 1 aliphatic carbocycles. The van der Waals surface area contributed by atoms with Crippen LogP contribution in [0, 0.1) is 11.8 Å². The third-order valence-electron chi connectivity index (χ3n) is 5.74. The van der Waals surface area contributed by atoms with Crippen molar-refractivity contribution in [2.45, 2.75) is 25.3 Å². The topological polar surface area (TPSA) is 74.3 Å². The summed E-state index contributed by atoms with van der Waals surface area (Å²) >= 11 is 0. The molecule has 2 aliphatic rings. The SMILES string of the molecule is COCC1CCN(S(=O)CC2CC(N(C)c3ncnc4[nH]ccc34)C2)C1. The van der Waals surface area contributed by atoms with Gasteiger partial charge in [-0.1, -0.05) is 0 Å². The fourth-order valence-electron chi connectivity index (χ4n) is 4.13. The zero-order valence-corrected chi connectivity index (χ0v) is 16.2. The van der Waals surface area contributed by atoms with Crippen molar-refractivity contribution in [3.8, 4) is 0 Å². The van der Waals surface area contributed by atoms with E-state index in [4.69, 9.17) is 4.74 Å². The molecule has 0 spiro atoms. The second-order valence-corrected chi connectivity index (χ2v) is 9.02. The maximum atomic E-state index is 12.6. The lowest BCUT2D eigenvalue weighted by atomic mass is 9.81. The molecule has 2 unspecified atom stereocenters. The molecule has 0 aromatic carbocycles. The van der Waals surface area contributed by atoms with E-state index in [9.17, 15) is 4.21 Å². The molecule has 3 heterocycles. The molecule has 7 nitrogen and oxygen atoms in total. The molecule has 1 N–H and O–H groups in total. The molecule has 1 aliphatic heterocycles. The van der Waals surface area contributed by atoms with Gasteiger partial charge in [-0.2, -0.15) is 0 Å². The van der Waals surface area contributed by atoms with Crippen LogP contribution in [0.25, 0.3) is 11.0 Å². The van der Waals surface area contributed by atoms with Gasteiger partial charge in [0.15, 0.2) is 0 Å². The third-order valence-corrected chi connectivity index (χ3v) is 7.41. The van der Waals surface area contributed by atoms with Crippen molar-refractivity contribution in [2.24, 2.45) is 11.8 Å². The Morgan fingerprint density at radius 2 is 2.23 bits per heavy atom. The Balaban J connectivity index is 1.29. The van der Waals surface area contributed by atoms with Crippen LogP contribution in [-0.2, 0) is 15.7 Å². The largest absolute Gasteiger partial charge is 0.384 e. The zero-order chi connectivity index (χ0) is 18.1. The number of methoxy groups -OCH3 is 1. The third kappa shape index (κ3) is 3.50. The van der Waals surface area contributed by atoms with E-state index in [1.54, 1.807) is 13.4 Å². The van der Waals surface area contributed by atoms with E-state index in [0.717, 1.165) is 61.6 Å². The molecule has 4 rings (SSSR count). The number of nitrogens with one attached hydrogen (secondary N) is 1. The lowest BCUT2D eigenvalue weighted by Crippen LogP contribution is -2.45. The molecule has 8 heteroatoms. The number of hydrogen-bond acceptors (Lipinski definition) is 5. The van der Waals surface area contributed by atoms with Crippen LogP contribution >= 0.6 is 0 Å². The molecule has 0 radical (unpaired) electrons. The standard InChI is InChI=1S/C18H27N5O2S/c1-22(18-16-3-5-19-17(16)20-12-21-18)15-7-14(8-15)11-26(24)23-6-4-13(9-23)10-25-2/h3,5,12-15H,4,6-11H2,1-2H3,(H,19,20,21). The number of nitrogens with zero attached hydrogens (tertiary/aromatic N) is 4. The maximum Gasteiger partial charge on any atom is 0.142 e. The Bertz CT molecular complexity index is 776. The molecule has 142 valence electrons. The predicted molar refractivity (Wildman–Crippen MR) is 103 cm³/mol. The number of ether oxygens (including phenoxy) is 1. The van der Waals surface area contributed by atoms with Gasteiger partial charge in [-0.05, 0) is 37.2 Å². The van der Waals surface area contributed by atoms with E-state index in [2.05, 4.69) is 31.2 Å². The van der Waals surface area contributed by atoms with Crippen molar-refractivity contribution in [3.05, 3.63) is 18.6 Å². The fourth-order valence-corrected chi connectivity index (χ4v) is 5.70. The average molecular weight is 378 g/mol. The molecule has 1 saturated carbocycles. The molecular weight excluding hydrogens is 350 g/mol. The highest BCUT2D eigenvalue weighted by molar-refractivity contribution is 7.82. The van der Waals surface area contributed by atoms with Crippen LogP contribution in [0.3, 0.4) is 0 Å². The van der Waals surface area contributed by atoms with Gasteiger partial charge in [0, 0.05) is 45.2 Å². The van der Waals surface area contributed by atoms with Crippen LogP contribution in [0.1, 0.15) is 19.3 Å². The van der Waals surface area contributed by atoms with Gasteiger partial charge in [-0.3, -0.25) is 0 Å². The average Bonchev–Trinajstić information content (AvgIpc) is 3.26. The van der Waals surface area contributed by atoms with Crippen LogP contribution in [0.4, 0.5) is 5.82 Å². The second kappa shape index (κ2) is 7.62. The summed E-state index contributed by atoms with van der Waals surface area (Å²) in [5, 5.41) is 1.06. The zero-order valence-electron chi connectivity index (χ0n) is 15.4. The van der Waals surface area contributed by atoms with E-state index in [1.807, 2.05) is 12.3 Å². The van der Waals surface area contributed by atoms with Crippen molar-refractivity contribution >= 4 is 27.8 Å². The quantitative estimate of drug-likeness (QED) is 0.796. The van der Waals surface area contributed by atoms with Crippen molar-refractivity contribution < 1.29 is 8.95 Å². The van der Waals surface area contributed by atoms with Crippen LogP contribution in [-0.4, -0.2) is 69.1 Å². The van der Waals surface area contributed by atoms with Crippen LogP contribution < -0.4 is 4.90 Å². The van der Waals surface area contributed by atoms with Gasteiger partial charge in [0.05, 0.1) is 23.0 Å². The molecule has 0 bridgehead atoms. The van der Waals surface area contributed by atoms with E-state index in [-0.39, 0.29) is 0 Å². The Labute approximate surface area is 156 Å². The Morgan fingerprint density at radius 1 is 1.38 bits per heavy atom. The van der Waals surface area contributed by atoms with Gasteiger partial charge in [-0.25, -0.2) is 18.5 Å². The summed E-state index contributed by atoms with van der Waals surface area (Å²) in [5.74, 6) is 2.83. The predicted octanol–water partition coefficient (Wildman–Crippen LogP) is 1.80. The number of aromatic amines is 1. The number of H-pyrrole nitrogens is 1. The van der Waals surface area contributed by atoms with Crippen molar-refractivity contribution in [1.29, 1.82) is 0 Å². The number of fused-ring (bicyclic) bond motifs is 1. The van der Waals surface area contributed by atoms with Crippen LogP contribution in [0.5, 0.6) is 0 Å². The number of hydrogen-bond donors (Lipinski definition) is 1. The van der Waals surface area contributed by atoms with Crippen LogP contribution in [0.15, 0.2) is 18.6 Å². The number of aromatic nitrogens is 3. The smallest absolute Gasteiger partial charge is 0.142 e. The highest BCUT2D eigenvalue weighted by Crippen LogP contribution is 2.36. The first-order valence-corrected chi connectivity index (χ1v) is 10.6. The number of rotatable bonds is 7. The number of anilines is 1. The van der Waals surface area contributed by atoms with Crippen LogP contribution in [0.2, 0.25) is 0 Å². The van der Waals surface area contributed by atoms with E-state index < -0.39 is 11.0 Å². The Hall–Kier alpha value is -1.51. The van der Waals surface area contributed by atoms with Crippen molar-refractivity contribution in [1.82, 2.24) is 19.3 Å². The first-order chi connectivity index (χ1) is 12.7. The minimum absolute atomic E-state index is 0.463. The Morgan fingerprint density at radius 3 is 3.04 bits per heavy atom. The second-order valence-electron chi connectivity index (χ2n) is 7.53. The minimum Gasteiger partial charge on any atom is -0.384 e. The summed E-state index contributed by atoms with van der Waals surface area (Å²) in [7, 11) is 2.98. The lowest BCUT2D eigenvalue weighted by molar-refractivity contribution is 0.158. The normalized spacial score (nSPS) is 27.5. The summed E-state index contributed by atoms with van der Waals surface area (Å²) in [4.78, 5) is 14.1. The molecule has 2 aromatic heterocycles. The highest BCUT2D eigenvalue weighted by Gasteiger charge is 2.36. The van der Waals surface area contributed by atoms with Gasteiger partial charge in [0.25, 0.3) is 0 Å². The van der Waals surface area contributed by atoms with E-state index in [0.29, 0.717) is 17.9 Å². The molecule has 2 aromatic rings. The summed E-state index contributed by atoms with van der Waals surface area (Å²) in [6.45, 7) is 2.61. The highest BCUT2D eigenvalue weighted by atomic mass is 32.2. The molecule has 1 saturated heterocycles. The summed E-state index contributed by atoms with van der Waals surface area (Å²) in [5.41, 5.74) is 0.874. The molecule has 2 atom stereocenters. The van der Waals surface area contributed by atoms with Gasteiger partial charge in [-0.15, -0.1) is 0 Å². The van der Waals surface area contributed by atoms with Gasteiger partial charge in [0.2, 0.25) is 0 Å². The first kappa shape index (κ1) is 17.9.